The molecule has 0 aliphatic heterocycles. The first-order valence-corrected chi connectivity index (χ1v) is 9.85. The summed E-state index contributed by atoms with van der Waals surface area (Å²) in [6, 6.07) is 26.0. The van der Waals surface area contributed by atoms with Crippen LogP contribution in [0.15, 0.2) is 91.3 Å². The molecule has 4 heteroatoms. The highest BCUT2D eigenvalue weighted by atomic mass is 16.1. The largest absolute Gasteiger partial charge is 0.388 e. The molecule has 3 aromatic carbocycles. The summed E-state index contributed by atoms with van der Waals surface area (Å²) >= 11 is 0. The van der Waals surface area contributed by atoms with E-state index in [9.17, 15) is 4.79 Å². The summed E-state index contributed by atoms with van der Waals surface area (Å²) in [5.74, 6) is -0.178. The molecule has 4 rings (SSSR count). The molecule has 30 heavy (non-hydrogen) atoms. The molecule has 1 amide bonds. The molecule has 0 radical (unpaired) electrons. The molecule has 1 aromatic heterocycles. The lowest BCUT2D eigenvalue weighted by Crippen LogP contribution is -2.13. The molecule has 0 saturated heterocycles. The van der Waals surface area contributed by atoms with Crippen molar-refractivity contribution < 1.29 is 4.79 Å². The van der Waals surface area contributed by atoms with Crippen molar-refractivity contribution in [3.63, 3.8) is 0 Å². The van der Waals surface area contributed by atoms with Crippen molar-refractivity contribution in [1.82, 2.24) is 4.98 Å². The standard InChI is InChI=1S/C26H23N3O/c1-18-12-13-20(23-10-6-7-11-24(23)27-2)15-25(18)29-26(30)22-14-21(16-28-17-22)19-8-4-3-5-9-19/h3-17,27H,1-2H3,(H,29,30). The number of hydrogen-bond acceptors (Lipinski definition) is 3. The lowest BCUT2D eigenvalue weighted by Gasteiger charge is -2.13. The lowest BCUT2D eigenvalue weighted by molar-refractivity contribution is 0.102. The molecular formula is C26H23N3O. The van der Waals surface area contributed by atoms with Crippen molar-refractivity contribution in [2.45, 2.75) is 6.92 Å². The van der Waals surface area contributed by atoms with Crippen LogP contribution in [0.1, 0.15) is 15.9 Å². The van der Waals surface area contributed by atoms with Crippen molar-refractivity contribution in [2.75, 3.05) is 17.7 Å². The average Bonchev–Trinajstić information content (AvgIpc) is 2.81. The molecule has 2 N–H and O–H groups in total. The van der Waals surface area contributed by atoms with Gasteiger partial charge in [0.1, 0.15) is 0 Å². The minimum atomic E-state index is -0.178. The van der Waals surface area contributed by atoms with Crippen molar-refractivity contribution in [2.24, 2.45) is 0 Å². The number of aryl methyl sites for hydroxylation is 1. The second kappa shape index (κ2) is 8.62. The van der Waals surface area contributed by atoms with Gasteiger partial charge in [-0.1, -0.05) is 60.7 Å². The van der Waals surface area contributed by atoms with E-state index in [1.165, 1.54) is 0 Å². The number of rotatable bonds is 5. The minimum absolute atomic E-state index is 0.178. The highest BCUT2D eigenvalue weighted by Crippen LogP contribution is 2.31. The van der Waals surface area contributed by atoms with Gasteiger partial charge in [0.25, 0.3) is 5.91 Å². The molecule has 0 aliphatic rings. The van der Waals surface area contributed by atoms with Crippen LogP contribution in [0.5, 0.6) is 0 Å². The third kappa shape index (κ3) is 4.08. The van der Waals surface area contributed by atoms with E-state index < -0.39 is 0 Å². The second-order valence-corrected chi connectivity index (χ2v) is 7.11. The van der Waals surface area contributed by atoms with E-state index in [2.05, 4.69) is 27.8 Å². The van der Waals surface area contributed by atoms with E-state index >= 15 is 0 Å². The number of hydrogen-bond donors (Lipinski definition) is 2. The number of carbonyl (C=O) groups excluding carboxylic acids is 1. The summed E-state index contributed by atoms with van der Waals surface area (Å²) in [5.41, 5.74) is 7.42. The van der Waals surface area contributed by atoms with Crippen molar-refractivity contribution in [3.05, 3.63) is 102 Å². The Labute approximate surface area is 176 Å². The molecule has 0 aliphatic carbocycles. The van der Waals surface area contributed by atoms with Crippen molar-refractivity contribution >= 4 is 17.3 Å². The number of anilines is 2. The number of nitrogens with zero attached hydrogens (tertiary/aromatic N) is 1. The molecular weight excluding hydrogens is 370 g/mol. The van der Waals surface area contributed by atoms with Crippen LogP contribution in [0, 0.1) is 6.92 Å². The Morgan fingerprint density at radius 2 is 1.53 bits per heavy atom. The summed E-state index contributed by atoms with van der Waals surface area (Å²) in [7, 11) is 1.91. The third-order valence-corrected chi connectivity index (χ3v) is 5.10. The lowest BCUT2D eigenvalue weighted by atomic mass is 10.0. The van der Waals surface area contributed by atoms with Gasteiger partial charge in [-0.3, -0.25) is 9.78 Å². The summed E-state index contributed by atoms with van der Waals surface area (Å²) in [6.07, 6.45) is 3.37. The van der Waals surface area contributed by atoms with E-state index in [0.29, 0.717) is 5.56 Å². The SMILES string of the molecule is CNc1ccccc1-c1ccc(C)c(NC(=O)c2cncc(-c3ccccc3)c2)c1. The van der Waals surface area contributed by atoms with Gasteiger partial charge in [-0.25, -0.2) is 0 Å². The quantitative estimate of drug-likeness (QED) is 0.436. The summed E-state index contributed by atoms with van der Waals surface area (Å²) in [6.45, 7) is 1.99. The van der Waals surface area contributed by atoms with Crippen LogP contribution in [0.25, 0.3) is 22.3 Å². The fourth-order valence-corrected chi connectivity index (χ4v) is 3.42. The van der Waals surface area contributed by atoms with Crippen molar-refractivity contribution in [3.8, 4) is 22.3 Å². The number of pyridine rings is 1. The van der Waals surface area contributed by atoms with Crippen LogP contribution >= 0.6 is 0 Å². The van der Waals surface area contributed by atoms with Crippen molar-refractivity contribution in [1.29, 1.82) is 0 Å². The first-order chi connectivity index (χ1) is 14.7. The molecule has 4 nitrogen and oxygen atoms in total. The Morgan fingerprint density at radius 1 is 0.767 bits per heavy atom. The number of benzene rings is 3. The summed E-state index contributed by atoms with van der Waals surface area (Å²) in [4.78, 5) is 17.2. The van der Waals surface area contributed by atoms with Gasteiger partial charge in [0.15, 0.2) is 0 Å². The fourth-order valence-electron chi connectivity index (χ4n) is 3.42. The minimum Gasteiger partial charge on any atom is -0.388 e. The Morgan fingerprint density at radius 3 is 2.33 bits per heavy atom. The monoisotopic (exact) mass is 393 g/mol. The maximum atomic E-state index is 13.0. The van der Waals surface area contributed by atoms with Crippen LogP contribution in [0.2, 0.25) is 0 Å². The molecule has 0 saturated carbocycles. The maximum Gasteiger partial charge on any atom is 0.257 e. The molecule has 0 spiro atoms. The molecule has 4 aromatic rings. The van der Waals surface area contributed by atoms with E-state index in [0.717, 1.165) is 39.2 Å². The summed E-state index contributed by atoms with van der Waals surface area (Å²) < 4.78 is 0. The Kier molecular flexibility index (Phi) is 5.57. The van der Waals surface area contributed by atoms with Gasteiger partial charge in [0.2, 0.25) is 0 Å². The normalized spacial score (nSPS) is 10.5. The molecule has 0 fully saturated rings. The van der Waals surface area contributed by atoms with Gasteiger partial charge in [0, 0.05) is 41.9 Å². The summed E-state index contributed by atoms with van der Waals surface area (Å²) in [5, 5.41) is 6.27. The average molecular weight is 393 g/mol. The molecule has 148 valence electrons. The third-order valence-electron chi connectivity index (χ3n) is 5.10. The smallest absolute Gasteiger partial charge is 0.257 e. The van der Waals surface area contributed by atoms with Crippen LogP contribution in [-0.4, -0.2) is 17.9 Å². The van der Waals surface area contributed by atoms with Gasteiger partial charge in [0.05, 0.1) is 5.56 Å². The fraction of sp³-hybridized carbons (Fsp3) is 0.0769. The predicted molar refractivity (Wildman–Crippen MR) is 124 cm³/mol. The van der Waals surface area contributed by atoms with E-state index in [-0.39, 0.29) is 5.91 Å². The number of amides is 1. The first kappa shape index (κ1) is 19.4. The molecule has 0 atom stereocenters. The van der Waals surface area contributed by atoms with Gasteiger partial charge in [-0.15, -0.1) is 0 Å². The van der Waals surface area contributed by atoms with E-state index in [4.69, 9.17) is 0 Å². The van der Waals surface area contributed by atoms with Crippen LogP contribution in [-0.2, 0) is 0 Å². The van der Waals surface area contributed by atoms with Crippen LogP contribution in [0.3, 0.4) is 0 Å². The van der Waals surface area contributed by atoms with E-state index in [1.54, 1.807) is 12.4 Å². The zero-order valence-electron chi connectivity index (χ0n) is 17.0. The molecule has 0 bridgehead atoms. The zero-order chi connectivity index (χ0) is 20.9. The molecule has 0 unspecified atom stereocenters. The van der Waals surface area contributed by atoms with Crippen LogP contribution < -0.4 is 10.6 Å². The Balaban J connectivity index is 1.63. The van der Waals surface area contributed by atoms with Gasteiger partial charge in [-0.05, 0) is 41.8 Å². The van der Waals surface area contributed by atoms with Gasteiger partial charge in [-0.2, -0.15) is 0 Å². The first-order valence-electron chi connectivity index (χ1n) is 9.85. The highest BCUT2D eigenvalue weighted by Gasteiger charge is 2.12. The van der Waals surface area contributed by atoms with Gasteiger partial charge >= 0.3 is 0 Å². The number of para-hydroxylation sites is 1. The predicted octanol–water partition coefficient (Wildman–Crippen LogP) is 6.02. The Bertz CT molecular complexity index is 1190. The molecule has 1 heterocycles. The van der Waals surface area contributed by atoms with E-state index in [1.807, 2.05) is 80.7 Å². The highest BCUT2D eigenvalue weighted by molar-refractivity contribution is 6.05. The maximum absolute atomic E-state index is 13.0. The van der Waals surface area contributed by atoms with Gasteiger partial charge < -0.3 is 10.6 Å². The zero-order valence-corrected chi connectivity index (χ0v) is 17.0. The number of carbonyl (C=O) groups is 1. The number of nitrogens with one attached hydrogen (secondary N) is 2. The topological polar surface area (TPSA) is 54.0 Å². The second-order valence-electron chi connectivity index (χ2n) is 7.11. The van der Waals surface area contributed by atoms with Crippen LogP contribution in [0.4, 0.5) is 11.4 Å². The Hall–Kier alpha value is -3.92. The number of aromatic nitrogens is 1.